The maximum absolute atomic E-state index is 12.0. The Bertz CT molecular complexity index is 450. The highest BCUT2D eigenvalue weighted by atomic mass is 32.1. The van der Waals surface area contributed by atoms with Crippen LogP contribution in [-0.2, 0) is 9.59 Å². The summed E-state index contributed by atoms with van der Waals surface area (Å²) in [7, 11) is 0. The van der Waals surface area contributed by atoms with E-state index >= 15 is 0 Å². The summed E-state index contributed by atoms with van der Waals surface area (Å²) >= 11 is 1.45. The van der Waals surface area contributed by atoms with E-state index in [9.17, 15) is 9.59 Å². The van der Waals surface area contributed by atoms with Crippen molar-refractivity contribution in [2.45, 2.75) is 32.6 Å². The molecule has 0 atom stereocenters. The molecular weight excluding hydrogens is 252 g/mol. The van der Waals surface area contributed by atoms with Crippen molar-refractivity contribution in [2.75, 3.05) is 5.32 Å². The van der Waals surface area contributed by atoms with Gasteiger partial charge in [0.15, 0.2) is 5.13 Å². The summed E-state index contributed by atoms with van der Waals surface area (Å²) in [6.07, 6.45) is 4.19. The summed E-state index contributed by atoms with van der Waals surface area (Å²) in [4.78, 5) is 27.9. The van der Waals surface area contributed by atoms with Gasteiger partial charge in [-0.1, -0.05) is 0 Å². The molecule has 0 radical (unpaired) electrons. The Labute approximate surface area is 109 Å². The number of carbonyl (C=O) groups excluding carboxylic acids is 1. The van der Waals surface area contributed by atoms with Crippen molar-refractivity contribution in [3.63, 3.8) is 0 Å². The van der Waals surface area contributed by atoms with E-state index < -0.39 is 5.97 Å². The molecule has 0 bridgehead atoms. The Hall–Kier alpha value is -1.43. The van der Waals surface area contributed by atoms with Gasteiger partial charge in [0.25, 0.3) is 0 Å². The van der Waals surface area contributed by atoms with E-state index in [1.807, 2.05) is 6.92 Å². The number of anilines is 1. The molecule has 1 aliphatic rings. The summed E-state index contributed by atoms with van der Waals surface area (Å²) in [6.45, 7) is 1.94. The molecule has 5 nitrogen and oxygen atoms in total. The zero-order valence-electron chi connectivity index (χ0n) is 10.2. The minimum atomic E-state index is -0.746. The third-order valence-electron chi connectivity index (χ3n) is 3.30. The van der Waals surface area contributed by atoms with E-state index in [0.29, 0.717) is 30.8 Å². The smallest absolute Gasteiger partial charge is 0.306 e. The molecule has 1 amide bonds. The van der Waals surface area contributed by atoms with Gasteiger partial charge in [-0.2, -0.15) is 0 Å². The highest BCUT2D eigenvalue weighted by Crippen LogP contribution is 2.30. The van der Waals surface area contributed by atoms with Gasteiger partial charge in [-0.15, -0.1) is 11.3 Å². The van der Waals surface area contributed by atoms with Crippen LogP contribution in [0.2, 0.25) is 0 Å². The van der Waals surface area contributed by atoms with E-state index in [4.69, 9.17) is 5.11 Å². The van der Waals surface area contributed by atoms with Crippen LogP contribution in [0.3, 0.4) is 0 Å². The molecule has 0 unspecified atom stereocenters. The molecule has 0 aliphatic heterocycles. The lowest BCUT2D eigenvalue weighted by molar-refractivity contribution is -0.143. The number of carboxylic acid groups (broad SMARTS) is 1. The van der Waals surface area contributed by atoms with Crippen molar-refractivity contribution < 1.29 is 14.7 Å². The van der Waals surface area contributed by atoms with Crippen LogP contribution in [0.25, 0.3) is 0 Å². The number of aromatic nitrogens is 1. The first-order chi connectivity index (χ1) is 8.56. The molecule has 1 aliphatic carbocycles. The third kappa shape index (κ3) is 3.07. The van der Waals surface area contributed by atoms with E-state index in [-0.39, 0.29) is 17.7 Å². The zero-order chi connectivity index (χ0) is 13.1. The number of carboxylic acids is 1. The molecule has 2 rings (SSSR count). The summed E-state index contributed by atoms with van der Waals surface area (Å²) in [5, 5.41) is 12.3. The molecule has 2 N–H and O–H groups in total. The van der Waals surface area contributed by atoms with Gasteiger partial charge in [-0.3, -0.25) is 9.59 Å². The summed E-state index contributed by atoms with van der Waals surface area (Å²) < 4.78 is 0. The van der Waals surface area contributed by atoms with Crippen molar-refractivity contribution in [3.8, 4) is 0 Å². The van der Waals surface area contributed by atoms with Gasteiger partial charge in [-0.05, 0) is 32.6 Å². The number of hydrogen-bond donors (Lipinski definition) is 2. The number of nitrogens with zero attached hydrogens (tertiary/aromatic N) is 1. The van der Waals surface area contributed by atoms with Gasteiger partial charge in [0.2, 0.25) is 5.91 Å². The van der Waals surface area contributed by atoms with Crippen LogP contribution >= 0.6 is 11.3 Å². The minimum Gasteiger partial charge on any atom is -0.481 e. The fourth-order valence-electron chi connectivity index (χ4n) is 2.22. The van der Waals surface area contributed by atoms with Crippen LogP contribution in [0.15, 0.2) is 6.20 Å². The predicted molar refractivity (Wildman–Crippen MR) is 68.6 cm³/mol. The number of thiazole rings is 1. The van der Waals surface area contributed by atoms with Crippen molar-refractivity contribution in [1.82, 2.24) is 4.98 Å². The lowest BCUT2D eigenvalue weighted by Crippen LogP contribution is -2.29. The first-order valence-corrected chi connectivity index (χ1v) is 6.84. The van der Waals surface area contributed by atoms with Crippen LogP contribution in [0, 0.1) is 18.8 Å². The van der Waals surface area contributed by atoms with Crippen LogP contribution in [0.5, 0.6) is 0 Å². The fourth-order valence-corrected chi connectivity index (χ4v) is 2.89. The quantitative estimate of drug-likeness (QED) is 0.881. The van der Waals surface area contributed by atoms with Crippen LogP contribution in [-0.4, -0.2) is 22.0 Å². The Morgan fingerprint density at radius 1 is 1.33 bits per heavy atom. The Balaban J connectivity index is 1.86. The molecule has 1 heterocycles. The van der Waals surface area contributed by atoms with E-state index in [1.54, 1.807) is 6.20 Å². The molecule has 0 spiro atoms. The van der Waals surface area contributed by atoms with Crippen LogP contribution in [0.1, 0.15) is 30.6 Å². The summed E-state index contributed by atoms with van der Waals surface area (Å²) in [6, 6.07) is 0. The monoisotopic (exact) mass is 268 g/mol. The van der Waals surface area contributed by atoms with Crippen LogP contribution < -0.4 is 5.32 Å². The highest BCUT2D eigenvalue weighted by Gasteiger charge is 2.29. The largest absolute Gasteiger partial charge is 0.481 e. The second-order valence-corrected chi connectivity index (χ2v) is 5.89. The van der Waals surface area contributed by atoms with Crippen molar-refractivity contribution in [1.29, 1.82) is 0 Å². The number of nitrogens with one attached hydrogen (secondary N) is 1. The summed E-state index contributed by atoms with van der Waals surface area (Å²) in [5.41, 5.74) is 0. The van der Waals surface area contributed by atoms with Gasteiger partial charge in [0.05, 0.1) is 5.92 Å². The molecule has 1 aromatic rings. The maximum atomic E-state index is 12.0. The van der Waals surface area contributed by atoms with Crippen LogP contribution in [0.4, 0.5) is 5.13 Å². The number of rotatable bonds is 3. The van der Waals surface area contributed by atoms with Gasteiger partial charge in [0, 0.05) is 17.0 Å². The molecule has 98 valence electrons. The fraction of sp³-hybridized carbons (Fsp3) is 0.583. The van der Waals surface area contributed by atoms with E-state index in [0.717, 1.165) is 4.88 Å². The molecule has 18 heavy (non-hydrogen) atoms. The van der Waals surface area contributed by atoms with Crippen molar-refractivity contribution in [2.24, 2.45) is 11.8 Å². The second kappa shape index (κ2) is 5.48. The molecule has 6 heteroatoms. The standard InChI is InChI=1S/C12H16N2O3S/c1-7-6-13-12(18-7)14-10(15)8-2-4-9(5-3-8)11(16)17/h6,8-9H,2-5H2,1H3,(H,16,17)(H,13,14,15). The number of aliphatic carboxylic acids is 1. The van der Waals surface area contributed by atoms with Gasteiger partial charge in [0.1, 0.15) is 0 Å². The Kier molecular flexibility index (Phi) is 3.96. The number of aryl methyl sites for hydroxylation is 1. The van der Waals surface area contributed by atoms with Crippen molar-refractivity contribution in [3.05, 3.63) is 11.1 Å². The second-order valence-electron chi connectivity index (χ2n) is 4.65. The Morgan fingerprint density at radius 3 is 2.44 bits per heavy atom. The minimum absolute atomic E-state index is 0.0341. The zero-order valence-corrected chi connectivity index (χ0v) is 11.0. The number of hydrogen-bond acceptors (Lipinski definition) is 4. The number of amides is 1. The summed E-state index contributed by atoms with van der Waals surface area (Å²) in [5.74, 6) is -1.14. The topological polar surface area (TPSA) is 79.3 Å². The Morgan fingerprint density at radius 2 is 1.94 bits per heavy atom. The third-order valence-corrected chi connectivity index (χ3v) is 4.13. The molecular formula is C12H16N2O3S. The van der Waals surface area contributed by atoms with Gasteiger partial charge in [-0.25, -0.2) is 4.98 Å². The molecule has 0 aromatic carbocycles. The lowest BCUT2D eigenvalue weighted by atomic mass is 9.81. The van der Waals surface area contributed by atoms with E-state index in [1.165, 1.54) is 11.3 Å². The predicted octanol–water partition coefficient (Wildman–Crippen LogP) is 2.28. The molecule has 1 aromatic heterocycles. The van der Waals surface area contributed by atoms with Crippen molar-refractivity contribution >= 4 is 28.3 Å². The first kappa shape index (κ1) is 13.0. The highest BCUT2D eigenvalue weighted by molar-refractivity contribution is 7.15. The van der Waals surface area contributed by atoms with Gasteiger partial charge < -0.3 is 10.4 Å². The average Bonchev–Trinajstić information content (AvgIpc) is 2.75. The SMILES string of the molecule is Cc1cnc(NC(=O)C2CCC(C(=O)O)CC2)s1. The first-order valence-electron chi connectivity index (χ1n) is 6.02. The van der Waals surface area contributed by atoms with E-state index in [2.05, 4.69) is 10.3 Å². The molecule has 0 saturated heterocycles. The lowest BCUT2D eigenvalue weighted by Gasteiger charge is -2.24. The maximum Gasteiger partial charge on any atom is 0.306 e. The number of carbonyl (C=O) groups is 2. The molecule has 1 fully saturated rings. The van der Waals surface area contributed by atoms with Gasteiger partial charge >= 0.3 is 5.97 Å². The average molecular weight is 268 g/mol. The molecule has 1 saturated carbocycles. The normalized spacial score (nSPS) is 23.6.